The highest BCUT2D eigenvalue weighted by molar-refractivity contribution is 9.10. The number of nitrogens with one attached hydrogen (secondary N) is 1. The number of carbonyl (C=O) groups is 1. The van der Waals surface area contributed by atoms with E-state index in [-0.39, 0.29) is 22.5 Å². The Morgan fingerprint density at radius 2 is 1.82 bits per heavy atom. The van der Waals surface area contributed by atoms with E-state index in [1.54, 1.807) is 38.2 Å². The van der Waals surface area contributed by atoms with Gasteiger partial charge in [-0.1, -0.05) is 47.1 Å². The van der Waals surface area contributed by atoms with Gasteiger partial charge in [0.25, 0.3) is 5.91 Å². The number of thiocarbonyl (C=S) groups is 1. The molecule has 1 unspecified atom stereocenters. The van der Waals surface area contributed by atoms with Crippen LogP contribution in [-0.2, 0) is 20.5 Å². The fourth-order valence-electron chi connectivity index (χ4n) is 3.14. The number of hydrogen-bond donors (Lipinski definition) is 1. The molecule has 0 radical (unpaired) electrons. The standard InChI is InChI=1S/C19H19BrN2O4S2/c1-3-10-28(24,25)26-16-9-5-7-14(12-16)19(13-6-4-8-15(20)11-13)17(23)22(2)18(27)21-19/h4-9,11-12H,3,10H2,1-2H3,(H,21,27). The van der Waals surface area contributed by atoms with Gasteiger partial charge in [-0.15, -0.1) is 0 Å². The van der Waals surface area contributed by atoms with Crippen LogP contribution < -0.4 is 9.50 Å². The van der Waals surface area contributed by atoms with Crippen molar-refractivity contribution in [1.29, 1.82) is 0 Å². The van der Waals surface area contributed by atoms with E-state index in [1.807, 2.05) is 24.3 Å². The molecular formula is C19H19BrN2O4S2. The van der Waals surface area contributed by atoms with E-state index in [0.717, 1.165) is 4.47 Å². The molecule has 6 nitrogen and oxygen atoms in total. The number of likely N-dealkylation sites (N-methyl/N-ethyl adjacent to an activating group) is 1. The topological polar surface area (TPSA) is 75.7 Å². The third-order valence-electron chi connectivity index (χ3n) is 4.43. The van der Waals surface area contributed by atoms with Gasteiger partial charge in [-0.2, -0.15) is 8.42 Å². The molecule has 0 saturated carbocycles. The van der Waals surface area contributed by atoms with Crippen molar-refractivity contribution in [2.75, 3.05) is 12.8 Å². The van der Waals surface area contributed by atoms with Crippen molar-refractivity contribution in [2.24, 2.45) is 0 Å². The average Bonchev–Trinajstić information content (AvgIpc) is 2.86. The van der Waals surface area contributed by atoms with Crippen LogP contribution in [-0.4, -0.2) is 37.1 Å². The quantitative estimate of drug-likeness (QED) is 0.503. The normalized spacial score (nSPS) is 19.6. The highest BCUT2D eigenvalue weighted by Gasteiger charge is 2.51. The lowest BCUT2D eigenvalue weighted by atomic mass is 9.82. The van der Waals surface area contributed by atoms with Crippen molar-refractivity contribution in [1.82, 2.24) is 10.2 Å². The molecule has 1 amide bonds. The second kappa shape index (κ2) is 7.81. The molecular weight excluding hydrogens is 464 g/mol. The van der Waals surface area contributed by atoms with Crippen molar-refractivity contribution in [3.63, 3.8) is 0 Å². The van der Waals surface area contributed by atoms with Crippen LogP contribution >= 0.6 is 28.1 Å². The van der Waals surface area contributed by atoms with Crippen LogP contribution in [0, 0.1) is 0 Å². The van der Waals surface area contributed by atoms with E-state index in [9.17, 15) is 13.2 Å². The summed E-state index contributed by atoms with van der Waals surface area (Å²) in [4.78, 5) is 14.6. The minimum atomic E-state index is -3.70. The minimum absolute atomic E-state index is 0.0853. The van der Waals surface area contributed by atoms with Gasteiger partial charge in [0.1, 0.15) is 5.75 Å². The van der Waals surface area contributed by atoms with E-state index in [0.29, 0.717) is 17.5 Å². The maximum Gasteiger partial charge on any atom is 0.309 e. The molecule has 1 saturated heterocycles. The first kappa shape index (κ1) is 20.8. The van der Waals surface area contributed by atoms with Gasteiger partial charge in [0.15, 0.2) is 10.7 Å². The summed E-state index contributed by atoms with van der Waals surface area (Å²) in [6, 6.07) is 13.8. The zero-order valence-electron chi connectivity index (χ0n) is 15.3. The van der Waals surface area contributed by atoms with E-state index in [4.69, 9.17) is 16.4 Å². The maximum atomic E-state index is 13.3. The largest absolute Gasteiger partial charge is 0.382 e. The molecule has 28 heavy (non-hydrogen) atoms. The Hall–Kier alpha value is -1.97. The van der Waals surface area contributed by atoms with Gasteiger partial charge in [0, 0.05) is 11.5 Å². The first-order chi connectivity index (χ1) is 13.2. The number of rotatable bonds is 6. The van der Waals surface area contributed by atoms with Crippen molar-refractivity contribution in [2.45, 2.75) is 18.9 Å². The number of halogens is 1. The van der Waals surface area contributed by atoms with Crippen LogP contribution in [0.25, 0.3) is 0 Å². The molecule has 0 spiro atoms. The highest BCUT2D eigenvalue weighted by atomic mass is 79.9. The molecule has 1 heterocycles. The highest BCUT2D eigenvalue weighted by Crippen LogP contribution is 2.38. The summed E-state index contributed by atoms with van der Waals surface area (Å²) in [5.41, 5.74) is -0.0672. The van der Waals surface area contributed by atoms with Crippen LogP contribution in [0.15, 0.2) is 53.0 Å². The molecule has 0 bridgehead atoms. The number of nitrogens with zero attached hydrogens (tertiary/aromatic N) is 1. The van der Waals surface area contributed by atoms with Gasteiger partial charge in [0.2, 0.25) is 0 Å². The first-order valence-corrected chi connectivity index (χ1v) is 11.4. The third-order valence-corrected chi connectivity index (χ3v) is 6.65. The molecule has 3 rings (SSSR count). The zero-order valence-corrected chi connectivity index (χ0v) is 18.5. The molecule has 1 fully saturated rings. The lowest BCUT2D eigenvalue weighted by Gasteiger charge is -2.28. The molecule has 1 aliphatic heterocycles. The van der Waals surface area contributed by atoms with Gasteiger partial charge in [-0.25, -0.2) is 0 Å². The van der Waals surface area contributed by atoms with Gasteiger partial charge < -0.3 is 9.50 Å². The van der Waals surface area contributed by atoms with Gasteiger partial charge in [-0.05, 0) is 54.0 Å². The molecule has 1 aliphatic rings. The molecule has 2 aromatic rings. The summed E-state index contributed by atoms with van der Waals surface area (Å²) in [6.07, 6.45) is 0.448. The zero-order chi connectivity index (χ0) is 20.5. The number of hydrogen-bond acceptors (Lipinski definition) is 5. The fraction of sp³-hybridized carbons (Fsp3) is 0.263. The predicted octanol–water partition coefficient (Wildman–Crippen LogP) is 3.16. The van der Waals surface area contributed by atoms with Crippen molar-refractivity contribution < 1.29 is 17.4 Å². The molecule has 1 N–H and O–H groups in total. The summed E-state index contributed by atoms with van der Waals surface area (Å²) >= 11 is 8.75. The Labute approximate surface area is 178 Å². The van der Waals surface area contributed by atoms with E-state index >= 15 is 0 Å². The van der Waals surface area contributed by atoms with Crippen LogP contribution in [0.5, 0.6) is 5.75 Å². The molecule has 9 heteroatoms. The average molecular weight is 483 g/mol. The first-order valence-electron chi connectivity index (χ1n) is 8.58. The lowest BCUT2D eigenvalue weighted by molar-refractivity contribution is -0.129. The second-order valence-corrected chi connectivity index (χ2v) is 9.42. The van der Waals surface area contributed by atoms with E-state index in [2.05, 4.69) is 21.2 Å². The SMILES string of the molecule is CCCS(=O)(=O)Oc1cccc(C2(c3cccc(Br)c3)NC(=S)N(C)C2=O)c1. The van der Waals surface area contributed by atoms with Gasteiger partial charge in [-0.3, -0.25) is 9.69 Å². The maximum absolute atomic E-state index is 13.3. The Kier molecular flexibility index (Phi) is 5.79. The fourth-order valence-corrected chi connectivity index (χ4v) is 4.76. The van der Waals surface area contributed by atoms with Crippen molar-refractivity contribution in [3.8, 4) is 5.75 Å². The number of benzene rings is 2. The molecule has 1 atom stereocenters. The summed E-state index contributed by atoms with van der Waals surface area (Å²) in [7, 11) is -2.10. The predicted molar refractivity (Wildman–Crippen MR) is 115 cm³/mol. The van der Waals surface area contributed by atoms with Crippen LogP contribution in [0.3, 0.4) is 0 Å². The molecule has 0 aliphatic carbocycles. The number of carbonyl (C=O) groups excluding carboxylic acids is 1. The minimum Gasteiger partial charge on any atom is -0.382 e. The van der Waals surface area contributed by atoms with Crippen molar-refractivity contribution in [3.05, 3.63) is 64.1 Å². The van der Waals surface area contributed by atoms with Crippen LogP contribution in [0.4, 0.5) is 0 Å². The summed E-state index contributed by atoms with van der Waals surface area (Å²) < 4.78 is 30.1. The van der Waals surface area contributed by atoms with E-state index in [1.165, 1.54) is 4.90 Å². The Morgan fingerprint density at radius 3 is 2.39 bits per heavy atom. The second-order valence-electron chi connectivity index (χ2n) is 6.43. The monoisotopic (exact) mass is 482 g/mol. The molecule has 148 valence electrons. The van der Waals surface area contributed by atoms with Gasteiger partial charge in [0.05, 0.1) is 5.75 Å². The van der Waals surface area contributed by atoms with Crippen molar-refractivity contribution >= 4 is 49.3 Å². The van der Waals surface area contributed by atoms with E-state index < -0.39 is 15.7 Å². The summed E-state index contributed by atoms with van der Waals surface area (Å²) in [5, 5.41) is 3.41. The number of amides is 1. The Bertz CT molecular complexity index is 1040. The lowest BCUT2D eigenvalue weighted by Crippen LogP contribution is -2.45. The smallest absolute Gasteiger partial charge is 0.309 e. The van der Waals surface area contributed by atoms with Crippen LogP contribution in [0.2, 0.25) is 0 Å². The van der Waals surface area contributed by atoms with Gasteiger partial charge >= 0.3 is 10.1 Å². The molecule has 0 aromatic heterocycles. The Balaban J connectivity index is 2.14. The van der Waals surface area contributed by atoms with Crippen LogP contribution in [0.1, 0.15) is 24.5 Å². The summed E-state index contributed by atoms with van der Waals surface area (Å²) in [5.74, 6) is -0.197. The third kappa shape index (κ3) is 3.78. The summed E-state index contributed by atoms with van der Waals surface area (Å²) in [6.45, 7) is 1.76. The Morgan fingerprint density at radius 1 is 1.18 bits per heavy atom. The molecule has 2 aromatic carbocycles.